The van der Waals surface area contributed by atoms with Crippen LogP contribution >= 0.6 is 0 Å². The minimum atomic E-state index is -0.927. The summed E-state index contributed by atoms with van der Waals surface area (Å²) in [6, 6.07) is 3.50. The van der Waals surface area contributed by atoms with Crippen molar-refractivity contribution in [3.63, 3.8) is 0 Å². The molecule has 0 bridgehead atoms. The van der Waals surface area contributed by atoms with Gasteiger partial charge in [-0.15, -0.1) is 0 Å². The van der Waals surface area contributed by atoms with Crippen LogP contribution in [0.15, 0.2) is 30.0 Å². The molecule has 1 heterocycles. The van der Waals surface area contributed by atoms with Crippen LogP contribution in [0.5, 0.6) is 0 Å². The van der Waals surface area contributed by atoms with E-state index in [0.717, 1.165) is 18.6 Å². The minimum Gasteiger partial charge on any atom is -0.501 e. The summed E-state index contributed by atoms with van der Waals surface area (Å²) in [4.78, 5) is 11.8. The summed E-state index contributed by atoms with van der Waals surface area (Å²) in [5, 5.41) is 0. The fourth-order valence-corrected chi connectivity index (χ4v) is 1.72. The summed E-state index contributed by atoms with van der Waals surface area (Å²) >= 11 is 0. The third-order valence-electron chi connectivity index (χ3n) is 2.64. The van der Waals surface area contributed by atoms with Crippen molar-refractivity contribution in [2.75, 3.05) is 6.61 Å². The Morgan fingerprint density at radius 3 is 2.76 bits per heavy atom. The number of rotatable bonds is 3. The summed E-state index contributed by atoms with van der Waals surface area (Å²) in [5.74, 6) is -1.93. The first-order valence-electron chi connectivity index (χ1n) is 5.44. The van der Waals surface area contributed by atoms with Gasteiger partial charge < -0.3 is 4.74 Å². The first kappa shape index (κ1) is 11.8. The molecule has 0 aromatic heterocycles. The van der Waals surface area contributed by atoms with Crippen molar-refractivity contribution in [1.29, 1.82) is 0 Å². The zero-order valence-corrected chi connectivity index (χ0v) is 9.21. The third-order valence-corrected chi connectivity index (χ3v) is 2.64. The van der Waals surface area contributed by atoms with Crippen LogP contribution in [0.1, 0.15) is 18.4 Å². The number of carbonyl (C=O) groups is 1. The molecule has 0 amide bonds. The maximum absolute atomic E-state index is 12.9. The Morgan fingerprint density at radius 2 is 2.12 bits per heavy atom. The summed E-state index contributed by atoms with van der Waals surface area (Å²) in [6.07, 6.45) is 3.04. The lowest BCUT2D eigenvalue weighted by Gasteiger charge is -2.12. The minimum absolute atomic E-state index is 0.0758. The van der Waals surface area contributed by atoms with E-state index >= 15 is 0 Å². The summed E-state index contributed by atoms with van der Waals surface area (Å²) < 4.78 is 30.7. The first-order valence-corrected chi connectivity index (χ1v) is 5.44. The predicted octanol–water partition coefficient (Wildman–Crippen LogP) is 2.77. The van der Waals surface area contributed by atoms with Gasteiger partial charge in [0.1, 0.15) is 0 Å². The molecule has 0 saturated heterocycles. The normalized spacial score (nSPS) is 15.1. The Balaban J connectivity index is 2.07. The zero-order chi connectivity index (χ0) is 12.3. The second-order valence-corrected chi connectivity index (χ2v) is 3.97. The Bertz CT molecular complexity index is 466. The molecule has 0 fully saturated rings. The number of Topliss-reactive ketones (excluding diaryl/α,β-unsaturated/α-hetero) is 1. The van der Waals surface area contributed by atoms with E-state index in [0.29, 0.717) is 24.2 Å². The van der Waals surface area contributed by atoms with Crippen molar-refractivity contribution in [3.8, 4) is 0 Å². The van der Waals surface area contributed by atoms with E-state index in [9.17, 15) is 13.6 Å². The van der Waals surface area contributed by atoms with Gasteiger partial charge in [-0.1, -0.05) is 6.07 Å². The smallest absolute Gasteiger partial charge is 0.166 e. The summed E-state index contributed by atoms with van der Waals surface area (Å²) in [7, 11) is 0. The lowest BCUT2D eigenvalue weighted by molar-refractivity contribution is -0.115. The SMILES string of the molecule is O=C(Cc1ccc(F)c(F)c1)C1=COCCC1. The Kier molecular flexibility index (Phi) is 3.52. The lowest BCUT2D eigenvalue weighted by Crippen LogP contribution is -2.11. The van der Waals surface area contributed by atoms with E-state index < -0.39 is 11.6 Å². The molecule has 0 radical (unpaired) electrons. The highest BCUT2D eigenvalue weighted by Gasteiger charge is 2.14. The molecule has 0 N–H and O–H groups in total. The maximum atomic E-state index is 12.9. The van der Waals surface area contributed by atoms with Gasteiger partial charge in [-0.05, 0) is 30.5 Å². The molecule has 0 unspecified atom stereocenters. The van der Waals surface area contributed by atoms with Crippen LogP contribution in [-0.2, 0) is 16.0 Å². The molecule has 0 saturated carbocycles. The lowest BCUT2D eigenvalue weighted by atomic mass is 10.00. The second-order valence-electron chi connectivity index (χ2n) is 3.97. The molecule has 4 heteroatoms. The van der Waals surface area contributed by atoms with Gasteiger partial charge in [-0.25, -0.2) is 8.78 Å². The highest BCUT2D eigenvalue weighted by atomic mass is 19.2. The molecular formula is C13H12F2O2. The molecule has 1 aliphatic rings. The summed E-state index contributed by atoms with van der Waals surface area (Å²) in [6.45, 7) is 0.627. The zero-order valence-electron chi connectivity index (χ0n) is 9.21. The highest BCUT2D eigenvalue weighted by molar-refractivity contribution is 5.96. The Hall–Kier alpha value is -1.71. The predicted molar refractivity (Wildman–Crippen MR) is 58.3 cm³/mol. The molecule has 1 aromatic rings. The van der Waals surface area contributed by atoms with Gasteiger partial charge in [-0.2, -0.15) is 0 Å². The molecule has 17 heavy (non-hydrogen) atoms. The van der Waals surface area contributed by atoms with E-state index in [1.807, 2.05) is 0 Å². The number of ketones is 1. The quantitative estimate of drug-likeness (QED) is 0.809. The number of ether oxygens (including phenoxy) is 1. The first-order chi connectivity index (χ1) is 8.16. The molecule has 1 aliphatic heterocycles. The number of allylic oxidation sites excluding steroid dienone is 1. The molecule has 0 aliphatic carbocycles. The van der Waals surface area contributed by atoms with Crippen molar-refractivity contribution in [3.05, 3.63) is 47.2 Å². The summed E-state index contributed by atoms with van der Waals surface area (Å²) in [5.41, 5.74) is 1.08. The fourth-order valence-electron chi connectivity index (χ4n) is 1.72. The van der Waals surface area contributed by atoms with Crippen LogP contribution in [0.4, 0.5) is 8.78 Å². The average molecular weight is 238 g/mol. The number of hydrogen-bond acceptors (Lipinski definition) is 2. The molecule has 2 nitrogen and oxygen atoms in total. The van der Waals surface area contributed by atoms with Gasteiger partial charge in [-0.3, -0.25) is 4.79 Å². The number of benzene rings is 1. The van der Waals surface area contributed by atoms with Crippen LogP contribution in [-0.4, -0.2) is 12.4 Å². The van der Waals surface area contributed by atoms with Crippen LogP contribution in [0.3, 0.4) is 0 Å². The van der Waals surface area contributed by atoms with E-state index in [-0.39, 0.29) is 12.2 Å². The molecule has 90 valence electrons. The van der Waals surface area contributed by atoms with Gasteiger partial charge in [0.2, 0.25) is 0 Å². The van der Waals surface area contributed by atoms with Crippen molar-refractivity contribution in [2.45, 2.75) is 19.3 Å². The monoisotopic (exact) mass is 238 g/mol. The molecule has 2 rings (SSSR count). The molecule has 0 atom stereocenters. The van der Waals surface area contributed by atoms with Crippen molar-refractivity contribution >= 4 is 5.78 Å². The van der Waals surface area contributed by atoms with Gasteiger partial charge in [0.05, 0.1) is 12.9 Å². The van der Waals surface area contributed by atoms with E-state index in [4.69, 9.17) is 4.74 Å². The van der Waals surface area contributed by atoms with Crippen molar-refractivity contribution in [1.82, 2.24) is 0 Å². The van der Waals surface area contributed by atoms with Crippen molar-refractivity contribution < 1.29 is 18.3 Å². The molecule has 0 spiro atoms. The third kappa shape index (κ3) is 2.90. The largest absolute Gasteiger partial charge is 0.501 e. The number of halogens is 2. The molecule has 1 aromatic carbocycles. The average Bonchev–Trinajstić information content (AvgIpc) is 2.35. The van der Waals surface area contributed by atoms with E-state index in [1.54, 1.807) is 0 Å². The van der Waals surface area contributed by atoms with E-state index in [2.05, 4.69) is 0 Å². The standard InChI is InChI=1S/C13H12F2O2/c14-11-4-3-9(6-12(11)15)7-13(16)10-2-1-5-17-8-10/h3-4,6,8H,1-2,5,7H2. The van der Waals surface area contributed by atoms with Crippen LogP contribution in [0, 0.1) is 11.6 Å². The van der Waals surface area contributed by atoms with Gasteiger partial charge in [0, 0.05) is 12.0 Å². The molecular weight excluding hydrogens is 226 g/mol. The van der Waals surface area contributed by atoms with Gasteiger partial charge >= 0.3 is 0 Å². The highest BCUT2D eigenvalue weighted by Crippen LogP contribution is 2.16. The number of carbonyl (C=O) groups excluding carboxylic acids is 1. The number of hydrogen-bond donors (Lipinski definition) is 0. The Morgan fingerprint density at radius 1 is 1.29 bits per heavy atom. The maximum Gasteiger partial charge on any atom is 0.166 e. The van der Waals surface area contributed by atoms with Crippen molar-refractivity contribution in [2.24, 2.45) is 0 Å². The Labute approximate surface area is 97.9 Å². The van der Waals surface area contributed by atoms with E-state index in [1.165, 1.54) is 12.3 Å². The van der Waals surface area contributed by atoms with Gasteiger partial charge in [0.15, 0.2) is 17.4 Å². The van der Waals surface area contributed by atoms with Crippen LogP contribution in [0.2, 0.25) is 0 Å². The fraction of sp³-hybridized carbons (Fsp3) is 0.308. The van der Waals surface area contributed by atoms with Crippen LogP contribution < -0.4 is 0 Å². The topological polar surface area (TPSA) is 26.3 Å². The van der Waals surface area contributed by atoms with Gasteiger partial charge in [0.25, 0.3) is 0 Å². The van der Waals surface area contributed by atoms with Crippen LogP contribution in [0.25, 0.3) is 0 Å². The second kappa shape index (κ2) is 5.08.